The van der Waals surface area contributed by atoms with Crippen LogP contribution >= 0.6 is 35.2 Å². The topological polar surface area (TPSA) is 67.2 Å². The fraction of sp³-hybridized carbons (Fsp3) is 0.0625. The van der Waals surface area contributed by atoms with E-state index in [-0.39, 0.29) is 10.9 Å². The summed E-state index contributed by atoms with van der Waals surface area (Å²) in [7, 11) is 0. The van der Waals surface area contributed by atoms with E-state index in [1.54, 1.807) is 29.8 Å². The summed E-state index contributed by atoms with van der Waals surface area (Å²) >= 11 is 12.6. The van der Waals surface area contributed by atoms with Gasteiger partial charge in [-0.1, -0.05) is 23.7 Å². The molecular weight excluding hydrogens is 366 g/mol. The number of nitrogens with one attached hydrogen (secondary N) is 2. The van der Waals surface area contributed by atoms with Crippen molar-refractivity contribution in [3.8, 4) is 11.3 Å². The summed E-state index contributed by atoms with van der Waals surface area (Å²) in [5.74, 6) is 0.277. The number of furan rings is 1. The van der Waals surface area contributed by atoms with Gasteiger partial charge in [0.05, 0.1) is 0 Å². The summed E-state index contributed by atoms with van der Waals surface area (Å²) < 4.78 is 5.59. The number of rotatable bonds is 3. The van der Waals surface area contributed by atoms with Gasteiger partial charge in [-0.05, 0) is 42.9 Å². The van der Waals surface area contributed by atoms with Crippen LogP contribution < -0.4 is 10.6 Å². The van der Waals surface area contributed by atoms with Gasteiger partial charge in [0.15, 0.2) is 16.0 Å². The Morgan fingerprint density at radius 3 is 2.88 bits per heavy atom. The Balaban J connectivity index is 1.69. The zero-order chi connectivity index (χ0) is 17.1. The lowest BCUT2D eigenvalue weighted by molar-refractivity contribution is 0.0951. The van der Waals surface area contributed by atoms with E-state index in [9.17, 15) is 4.79 Å². The highest BCUT2D eigenvalue weighted by Crippen LogP contribution is 2.26. The molecule has 8 heteroatoms. The Kier molecular flexibility index (Phi) is 4.94. The molecule has 0 atom stereocenters. The zero-order valence-corrected chi connectivity index (χ0v) is 14.9. The third-order valence-corrected chi connectivity index (χ3v) is 4.47. The molecular formula is C16H12ClN3O2S2. The smallest absolute Gasteiger partial charge is 0.293 e. The molecule has 0 unspecified atom stereocenters. The molecule has 5 nitrogen and oxygen atoms in total. The number of aryl methyl sites for hydroxylation is 1. The molecule has 0 radical (unpaired) electrons. The normalized spacial score (nSPS) is 10.4. The highest BCUT2D eigenvalue weighted by molar-refractivity contribution is 7.80. The molecule has 0 spiro atoms. The summed E-state index contributed by atoms with van der Waals surface area (Å²) in [6, 6.07) is 8.88. The number of nitrogens with zero attached hydrogens (tertiary/aromatic N) is 1. The number of aromatic nitrogens is 1. The maximum absolute atomic E-state index is 12.2. The van der Waals surface area contributed by atoms with Gasteiger partial charge < -0.3 is 9.73 Å². The van der Waals surface area contributed by atoms with Gasteiger partial charge in [0, 0.05) is 22.2 Å². The third-order valence-electron chi connectivity index (χ3n) is 3.17. The molecule has 0 saturated heterocycles. The summed E-state index contributed by atoms with van der Waals surface area (Å²) in [5, 5.41) is 8.58. The average molecular weight is 378 g/mol. The molecule has 0 aliphatic heterocycles. The van der Waals surface area contributed by atoms with Crippen molar-refractivity contribution in [2.24, 2.45) is 0 Å². The molecule has 0 aliphatic rings. The summed E-state index contributed by atoms with van der Waals surface area (Å²) in [4.78, 5) is 16.2. The maximum atomic E-state index is 12.2. The van der Waals surface area contributed by atoms with E-state index in [4.69, 9.17) is 28.2 Å². The van der Waals surface area contributed by atoms with Crippen molar-refractivity contribution in [3.63, 3.8) is 0 Å². The molecule has 2 N–H and O–H groups in total. The Labute approximate surface area is 152 Å². The van der Waals surface area contributed by atoms with Crippen molar-refractivity contribution in [1.29, 1.82) is 0 Å². The molecule has 2 heterocycles. The molecule has 24 heavy (non-hydrogen) atoms. The van der Waals surface area contributed by atoms with Gasteiger partial charge in [-0.15, -0.1) is 11.3 Å². The second kappa shape index (κ2) is 7.12. The minimum absolute atomic E-state index is 0.157. The lowest BCUT2D eigenvalue weighted by Gasteiger charge is -2.05. The quantitative estimate of drug-likeness (QED) is 0.658. The number of carbonyl (C=O) groups is 1. The van der Waals surface area contributed by atoms with Gasteiger partial charge in [-0.25, -0.2) is 4.98 Å². The van der Waals surface area contributed by atoms with Gasteiger partial charge in [0.2, 0.25) is 0 Å². The Bertz CT molecular complexity index is 891. The van der Waals surface area contributed by atoms with E-state index in [2.05, 4.69) is 15.6 Å². The van der Waals surface area contributed by atoms with Gasteiger partial charge >= 0.3 is 0 Å². The van der Waals surface area contributed by atoms with Crippen LogP contribution in [0.25, 0.3) is 11.3 Å². The van der Waals surface area contributed by atoms with Gasteiger partial charge in [0.1, 0.15) is 5.76 Å². The number of hydrogen-bond acceptors (Lipinski definition) is 5. The minimum Gasteiger partial charge on any atom is -0.451 e. The third kappa shape index (κ3) is 3.81. The van der Waals surface area contributed by atoms with Crippen LogP contribution in [0.5, 0.6) is 0 Å². The predicted molar refractivity (Wildman–Crippen MR) is 99.7 cm³/mol. The highest BCUT2D eigenvalue weighted by Gasteiger charge is 2.14. The number of hydrogen-bond donors (Lipinski definition) is 2. The van der Waals surface area contributed by atoms with Crippen LogP contribution in [0.1, 0.15) is 16.1 Å². The van der Waals surface area contributed by atoms with E-state index in [0.717, 1.165) is 11.1 Å². The fourth-order valence-corrected chi connectivity index (χ4v) is 2.91. The van der Waals surface area contributed by atoms with Crippen LogP contribution in [-0.2, 0) is 0 Å². The molecule has 3 rings (SSSR count). The predicted octanol–water partition coefficient (Wildman–Crippen LogP) is 4.49. The van der Waals surface area contributed by atoms with E-state index >= 15 is 0 Å². The van der Waals surface area contributed by atoms with Gasteiger partial charge in [-0.3, -0.25) is 10.1 Å². The Morgan fingerprint density at radius 2 is 2.17 bits per heavy atom. The first-order chi connectivity index (χ1) is 11.5. The van der Waals surface area contributed by atoms with Crippen LogP contribution in [0.4, 0.5) is 5.13 Å². The van der Waals surface area contributed by atoms with Crippen LogP contribution in [0.15, 0.2) is 46.3 Å². The van der Waals surface area contributed by atoms with E-state index in [1.807, 2.05) is 19.1 Å². The molecule has 1 amide bonds. The number of thiazole rings is 1. The van der Waals surface area contributed by atoms with Crippen LogP contribution in [0.2, 0.25) is 5.02 Å². The first-order valence-electron chi connectivity index (χ1n) is 6.91. The molecule has 0 saturated carbocycles. The Hall–Kier alpha value is -2.22. The summed E-state index contributed by atoms with van der Waals surface area (Å²) in [6.07, 6.45) is 1.64. The van der Waals surface area contributed by atoms with Gasteiger partial charge in [-0.2, -0.15) is 0 Å². The SMILES string of the molecule is Cc1ccc(-c2ccc(C(=O)NC(=S)Nc3nccs3)o2)cc1Cl. The molecule has 2 aromatic heterocycles. The molecule has 3 aromatic rings. The minimum atomic E-state index is -0.437. The van der Waals surface area contributed by atoms with Crippen LogP contribution in [0.3, 0.4) is 0 Å². The molecule has 1 aromatic carbocycles. The van der Waals surface area contributed by atoms with Crippen molar-refractivity contribution >= 4 is 51.3 Å². The number of amides is 1. The number of anilines is 1. The second-order valence-corrected chi connectivity index (χ2v) is 6.58. The molecule has 122 valence electrons. The zero-order valence-electron chi connectivity index (χ0n) is 12.5. The van der Waals surface area contributed by atoms with Crippen molar-refractivity contribution in [2.75, 3.05) is 5.32 Å². The van der Waals surface area contributed by atoms with E-state index in [0.29, 0.717) is 15.9 Å². The second-order valence-electron chi connectivity index (χ2n) is 4.87. The molecule has 0 aliphatic carbocycles. The average Bonchev–Trinajstić information content (AvgIpc) is 3.21. The van der Waals surface area contributed by atoms with Gasteiger partial charge in [0.25, 0.3) is 5.91 Å². The summed E-state index contributed by atoms with van der Waals surface area (Å²) in [5.41, 5.74) is 1.77. The standard InChI is InChI=1S/C16H12ClN3O2S2/c1-9-2-3-10(8-11(9)17)12-4-5-13(22-12)14(21)19-15(23)20-16-18-6-7-24-16/h2-8H,1H3,(H2,18,19,20,21,23). The van der Waals surface area contributed by atoms with E-state index in [1.165, 1.54) is 11.3 Å². The molecule has 0 bridgehead atoms. The monoisotopic (exact) mass is 377 g/mol. The first-order valence-corrected chi connectivity index (χ1v) is 8.58. The fourth-order valence-electron chi connectivity index (χ4n) is 1.94. The van der Waals surface area contributed by atoms with Crippen molar-refractivity contribution in [1.82, 2.24) is 10.3 Å². The first kappa shape index (κ1) is 16.6. The van der Waals surface area contributed by atoms with Crippen LogP contribution in [-0.4, -0.2) is 16.0 Å². The van der Waals surface area contributed by atoms with Crippen molar-refractivity contribution in [2.45, 2.75) is 6.92 Å². The number of carbonyl (C=O) groups excluding carboxylic acids is 1. The Morgan fingerprint density at radius 1 is 1.33 bits per heavy atom. The maximum Gasteiger partial charge on any atom is 0.293 e. The van der Waals surface area contributed by atoms with Crippen LogP contribution in [0, 0.1) is 6.92 Å². The number of halogens is 1. The lowest BCUT2D eigenvalue weighted by atomic mass is 10.1. The number of thiocarbonyl (C=S) groups is 1. The number of benzene rings is 1. The van der Waals surface area contributed by atoms with E-state index < -0.39 is 5.91 Å². The molecule has 0 fully saturated rings. The van der Waals surface area contributed by atoms with Crippen molar-refractivity contribution < 1.29 is 9.21 Å². The lowest BCUT2D eigenvalue weighted by Crippen LogP contribution is -2.33. The summed E-state index contributed by atoms with van der Waals surface area (Å²) in [6.45, 7) is 1.92. The highest BCUT2D eigenvalue weighted by atomic mass is 35.5. The largest absolute Gasteiger partial charge is 0.451 e. The van der Waals surface area contributed by atoms with Crippen molar-refractivity contribution in [3.05, 3.63) is 58.3 Å².